The van der Waals surface area contributed by atoms with Crippen molar-refractivity contribution in [1.82, 2.24) is 4.57 Å². The number of hydrogen-bond donors (Lipinski definition) is 2. The van der Waals surface area contributed by atoms with Gasteiger partial charge in [0.1, 0.15) is 17.4 Å². The molecule has 24 heavy (non-hydrogen) atoms. The largest absolute Gasteiger partial charge is 0.493 e. The van der Waals surface area contributed by atoms with Gasteiger partial charge < -0.3 is 9.29 Å². The average molecular weight is 348 g/mol. The van der Waals surface area contributed by atoms with Crippen molar-refractivity contribution in [2.24, 2.45) is 17.3 Å². The third-order valence-electron chi connectivity index (χ3n) is 3.14. The van der Waals surface area contributed by atoms with Gasteiger partial charge >= 0.3 is 11.4 Å². The van der Waals surface area contributed by atoms with Crippen molar-refractivity contribution in [3.05, 3.63) is 45.7 Å². The lowest BCUT2D eigenvalue weighted by molar-refractivity contribution is 0.421. The van der Waals surface area contributed by atoms with Crippen LogP contribution < -0.4 is 9.74 Å². The van der Waals surface area contributed by atoms with E-state index in [-0.39, 0.29) is 28.3 Å². The van der Waals surface area contributed by atoms with Gasteiger partial charge in [-0.25, -0.2) is 0 Å². The molecule has 0 spiro atoms. The topological polar surface area (TPSA) is 137 Å². The predicted octanol–water partition coefficient (Wildman–Crippen LogP) is 2.20. The van der Waals surface area contributed by atoms with Crippen LogP contribution in [0, 0.1) is 18.3 Å². The molecule has 1 heterocycles. The van der Waals surface area contributed by atoms with Crippen LogP contribution in [0.2, 0.25) is 0 Å². The Morgan fingerprint density at radius 3 is 2.71 bits per heavy atom. The maximum Gasteiger partial charge on any atom is 0.357 e. The van der Waals surface area contributed by atoms with Crippen molar-refractivity contribution < 1.29 is 18.1 Å². The molecule has 0 bridgehead atoms. The summed E-state index contributed by atoms with van der Waals surface area (Å²) in [4.78, 5) is 12.2. The SMILES string of the molecule is Cc1c(C#N)c(O)n(C)c(=O)c1N=Nc1cccc(OS(=O)O)c1. The van der Waals surface area contributed by atoms with Gasteiger partial charge in [0.25, 0.3) is 5.56 Å². The van der Waals surface area contributed by atoms with Crippen LogP contribution >= 0.6 is 0 Å². The Kier molecular flexibility index (Phi) is 5.08. The van der Waals surface area contributed by atoms with Crippen LogP contribution in [0.5, 0.6) is 11.6 Å². The fraction of sp³-hybridized carbons (Fsp3) is 0.143. The number of hydrogen-bond acceptors (Lipinski definition) is 7. The summed E-state index contributed by atoms with van der Waals surface area (Å²) in [5.41, 5.74) is -0.309. The number of aromatic hydroxyl groups is 1. The van der Waals surface area contributed by atoms with Gasteiger partial charge in [0.15, 0.2) is 5.69 Å². The summed E-state index contributed by atoms with van der Waals surface area (Å²) in [6.07, 6.45) is 0. The molecule has 1 aromatic carbocycles. The molecule has 0 saturated carbocycles. The third kappa shape index (κ3) is 3.48. The van der Waals surface area contributed by atoms with Crippen molar-refractivity contribution in [2.45, 2.75) is 6.92 Å². The molecule has 1 unspecified atom stereocenters. The van der Waals surface area contributed by atoms with Crippen LogP contribution in [0.3, 0.4) is 0 Å². The van der Waals surface area contributed by atoms with Gasteiger partial charge in [-0.05, 0) is 19.1 Å². The lowest BCUT2D eigenvalue weighted by Crippen LogP contribution is -2.18. The summed E-state index contributed by atoms with van der Waals surface area (Å²) in [5.74, 6) is -0.347. The Hall–Kier alpha value is -3.03. The first-order valence-corrected chi connectivity index (χ1v) is 7.52. The van der Waals surface area contributed by atoms with Crippen molar-refractivity contribution in [3.8, 4) is 17.7 Å². The summed E-state index contributed by atoms with van der Waals surface area (Å²) in [6, 6.07) is 7.68. The van der Waals surface area contributed by atoms with Gasteiger partial charge in [-0.15, -0.1) is 5.11 Å². The minimum atomic E-state index is -2.47. The van der Waals surface area contributed by atoms with Crippen molar-refractivity contribution >= 4 is 22.7 Å². The summed E-state index contributed by atoms with van der Waals surface area (Å²) in [7, 11) is 1.31. The highest BCUT2D eigenvalue weighted by atomic mass is 32.2. The van der Waals surface area contributed by atoms with Crippen molar-refractivity contribution in [2.75, 3.05) is 0 Å². The monoisotopic (exact) mass is 348 g/mol. The Bertz CT molecular complexity index is 945. The number of aromatic nitrogens is 1. The molecule has 0 radical (unpaired) electrons. The minimum absolute atomic E-state index is 0.0705. The Balaban J connectivity index is 2.47. The molecule has 0 fully saturated rings. The molecule has 1 atom stereocenters. The molecule has 1 aromatic heterocycles. The van der Waals surface area contributed by atoms with Crippen molar-refractivity contribution in [1.29, 1.82) is 5.26 Å². The Morgan fingerprint density at radius 1 is 1.38 bits per heavy atom. The fourth-order valence-electron chi connectivity index (χ4n) is 1.91. The summed E-state index contributed by atoms with van der Waals surface area (Å²) in [6.45, 7) is 1.47. The highest BCUT2D eigenvalue weighted by Crippen LogP contribution is 2.27. The lowest BCUT2D eigenvalue weighted by Gasteiger charge is -2.08. The molecule has 2 N–H and O–H groups in total. The molecule has 2 aromatic rings. The predicted molar refractivity (Wildman–Crippen MR) is 84.8 cm³/mol. The van der Waals surface area contributed by atoms with E-state index < -0.39 is 22.8 Å². The second-order valence-electron chi connectivity index (χ2n) is 4.65. The second-order valence-corrected chi connectivity index (χ2v) is 5.25. The standard InChI is InChI=1S/C14H12N4O5S/c1-8-11(7-15)13(19)18(2)14(20)12(8)17-16-9-4-3-5-10(6-9)23-24(21)22/h3-6,19H,1-2H3,(H,21,22). The first kappa shape index (κ1) is 17.3. The van der Waals surface area contributed by atoms with Crippen LogP contribution in [0.25, 0.3) is 0 Å². The Labute approximate surface area is 139 Å². The Morgan fingerprint density at radius 2 is 2.08 bits per heavy atom. The first-order valence-electron chi connectivity index (χ1n) is 6.48. The van der Waals surface area contributed by atoms with E-state index in [0.717, 1.165) is 4.57 Å². The quantitative estimate of drug-likeness (QED) is 0.642. The summed E-state index contributed by atoms with van der Waals surface area (Å²) in [5, 5.41) is 26.6. The van der Waals surface area contributed by atoms with Gasteiger partial charge in [0.05, 0.1) is 5.69 Å². The molecule has 0 amide bonds. The maximum atomic E-state index is 12.2. The van der Waals surface area contributed by atoms with E-state index in [9.17, 15) is 14.1 Å². The van der Waals surface area contributed by atoms with Crippen LogP contribution in [-0.2, 0) is 18.4 Å². The molecular weight excluding hydrogens is 336 g/mol. The zero-order chi connectivity index (χ0) is 17.9. The first-order chi connectivity index (χ1) is 11.3. The van der Waals surface area contributed by atoms with E-state index in [1.54, 1.807) is 6.07 Å². The third-order valence-corrected chi connectivity index (χ3v) is 3.48. The van der Waals surface area contributed by atoms with Gasteiger partial charge in [0, 0.05) is 18.7 Å². The number of nitriles is 1. The van der Waals surface area contributed by atoms with Gasteiger partial charge in [-0.3, -0.25) is 13.9 Å². The molecule has 0 saturated heterocycles. The van der Waals surface area contributed by atoms with E-state index in [1.165, 1.54) is 32.2 Å². The molecule has 0 aliphatic rings. The van der Waals surface area contributed by atoms with Crippen LogP contribution in [0.15, 0.2) is 39.3 Å². The van der Waals surface area contributed by atoms with E-state index in [1.807, 2.05) is 6.07 Å². The minimum Gasteiger partial charge on any atom is -0.493 e. The molecule has 0 aliphatic heterocycles. The maximum absolute atomic E-state index is 12.2. The van der Waals surface area contributed by atoms with Crippen LogP contribution in [-0.4, -0.2) is 18.4 Å². The lowest BCUT2D eigenvalue weighted by atomic mass is 10.1. The molecule has 2 rings (SSSR count). The molecule has 0 aliphatic carbocycles. The summed E-state index contributed by atoms with van der Waals surface area (Å²) >= 11 is -2.47. The number of benzene rings is 1. The van der Waals surface area contributed by atoms with E-state index in [4.69, 9.17) is 9.81 Å². The fourth-order valence-corrected chi connectivity index (χ4v) is 2.18. The van der Waals surface area contributed by atoms with E-state index >= 15 is 0 Å². The smallest absolute Gasteiger partial charge is 0.357 e. The van der Waals surface area contributed by atoms with Crippen LogP contribution in [0.1, 0.15) is 11.1 Å². The molecular formula is C14H12N4O5S. The van der Waals surface area contributed by atoms with Gasteiger partial charge in [-0.1, -0.05) is 6.07 Å². The van der Waals surface area contributed by atoms with E-state index in [0.29, 0.717) is 0 Å². The van der Waals surface area contributed by atoms with Gasteiger partial charge in [-0.2, -0.15) is 14.6 Å². The zero-order valence-electron chi connectivity index (χ0n) is 12.6. The van der Waals surface area contributed by atoms with E-state index in [2.05, 4.69) is 14.4 Å². The second kappa shape index (κ2) is 7.03. The normalized spacial score (nSPS) is 12.1. The number of azo groups is 1. The molecule has 124 valence electrons. The van der Waals surface area contributed by atoms with Gasteiger partial charge in [0.2, 0.25) is 5.88 Å². The van der Waals surface area contributed by atoms with Crippen LogP contribution in [0.4, 0.5) is 11.4 Å². The average Bonchev–Trinajstić information content (AvgIpc) is 2.53. The number of pyridine rings is 1. The number of nitrogens with zero attached hydrogens (tertiary/aromatic N) is 4. The highest BCUT2D eigenvalue weighted by Gasteiger charge is 2.16. The summed E-state index contributed by atoms with van der Waals surface area (Å²) < 4.78 is 24.8. The molecule has 10 heteroatoms. The number of rotatable bonds is 4. The highest BCUT2D eigenvalue weighted by molar-refractivity contribution is 7.74. The molecule has 9 nitrogen and oxygen atoms in total. The zero-order valence-corrected chi connectivity index (χ0v) is 13.4. The van der Waals surface area contributed by atoms with Crippen molar-refractivity contribution in [3.63, 3.8) is 0 Å².